The number of hydrogen-bond donors (Lipinski definition) is 3. The van der Waals surface area contributed by atoms with E-state index in [1.807, 2.05) is 31.2 Å². The Morgan fingerprint density at radius 1 is 1.08 bits per heavy atom. The number of likely N-dealkylation sites (tertiary alicyclic amines) is 1. The van der Waals surface area contributed by atoms with Crippen molar-refractivity contribution in [3.63, 3.8) is 0 Å². The van der Waals surface area contributed by atoms with Crippen LogP contribution in [0, 0.1) is 17.7 Å². The van der Waals surface area contributed by atoms with Crippen LogP contribution in [0.25, 0.3) is 27.5 Å². The number of rotatable bonds is 7. The second-order valence-corrected chi connectivity index (χ2v) is 10.1. The maximum Gasteiger partial charge on any atom is 0.123 e. The van der Waals surface area contributed by atoms with Crippen molar-refractivity contribution in [3.8, 4) is 11.4 Å². The first kappa shape index (κ1) is 24.8. The van der Waals surface area contributed by atoms with E-state index in [4.69, 9.17) is 26.3 Å². The molecule has 0 radical (unpaired) electrons. The van der Waals surface area contributed by atoms with Crippen molar-refractivity contribution in [1.29, 1.82) is 10.8 Å². The van der Waals surface area contributed by atoms with E-state index in [0.717, 1.165) is 95.4 Å². The SMILES string of the molecule is CCCCc1nc2c(C)cc(OC3CCN(C(C)=N)CC3)cc2n1-c1ccc(C(=N)N)c2ccccc12. The molecule has 5 rings (SSSR count). The zero-order chi connectivity index (χ0) is 26.1. The van der Waals surface area contributed by atoms with E-state index in [0.29, 0.717) is 5.84 Å². The molecule has 37 heavy (non-hydrogen) atoms. The molecule has 4 aromatic rings. The number of fused-ring (bicyclic) bond motifs is 2. The predicted molar refractivity (Wildman–Crippen MR) is 152 cm³/mol. The molecule has 7 heteroatoms. The van der Waals surface area contributed by atoms with Gasteiger partial charge in [-0.05, 0) is 49.4 Å². The van der Waals surface area contributed by atoms with E-state index < -0.39 is 0 Å². The van der Waals surface area contributed by atoms with E-state index in [-0.39, 0.29) is 11.9 Å². The van der Waals surface area contributed by atoms with Gasteiger partial charge in [0.15, 0.2) is 0 Å². The molecule has 3 aromatic carbocycles. The number of nitrogens with zero attached hydrogens (tertiary/aromatic N) is 3. The smallest absolute Gasteiger partial charge is 0.123 e. The number of hydrogen-bond acceptors (Lipinski definition) is 4. The quantitative estimate of drug-likeness (QED) is 0.217. The highest BCUT2D eigenvalue weighted by molar-refractivity contribution is 6.10. The third-order valence-electron chi connectivity index (χ3n) is 7.40. The molecule has 0 spiro atoms. The minimum absolute atomic E-state index is 0.0697. The van der Waals surface area contributed by atoms with Crippen molar-refractivity contribution in [1.82, 2.24) is 14.5 Å². The Bertz CT molecular complexity index is 1480. The minimum atomic E-state index is 0.0697. The first-order chi connectivity index (χ1) is 17.9. The topological polar surface area (TPSA) is 104 Å². The van der Waals surface area contributed by atoms with Crippen LogP contribution in [-0.4, -0.2) is 45.3 Å². The number of amidine groups is 2. The number of piperidine rings is 1. The summed E-state index contributed by atoms with van der Waals surface area (Å²) >= 11 is 0. The van der Waals surface area contributed by atoms with E-state index in [1.165, 1.54) is 0 Å². The van der Waals surface area contributed by atoms with Crippen LogP contribution in [0.2, 0.25) is 0 Å². The van der Waals surface area contributed by atoms with Gasteiger partial charge in [-0.3, -0.25) is 15.4 Å². The Hall–Kier alpha value is -3.87. The number of aryl methyl sites for hydroxylation is 2. The van der Waals surface area contributed by atoms with Crippen molar-refractivity contribution < 1.29 is 4.74 Å². The van der Waals surface area contributed by atoms with Gasteiger partial charge in [0.2, 0.25) is 0 Å². The number of imidazole rings is 1. The maximum absolute atomic E-state index is 8.07. The Balaban J connectivity index is 1.62. The first-order valence-corrected chi connectivity index (χ1v) is 13.2. The van der Waals surface area contributed by atoms with Crippen LogP contribution in [0.15, 0.2) is 48.5 Å². The summed E-state index contributed by atoms with van der Waals surface area (Å²) in [5.41, 5.74) is 10.8. The standard InChI is InChI=1S/C30H36N6O/c1-4-5-10-28-34-29-19(2)17-22(37-21-13-15-35(16-14-21)20(3)31)18-27(29)36(28)26-12-11-25(30(32)33)23-8-6-7-9-24(23)26/h6-9,11-12,17-18,21,31H,4-5,10,13-16H2,1-3H3,(H3,32,33). The van der Waals surface area contributed by atoms with Gasteiger partial charge in [0.25, 0.3) is 0 Å². The summed E-state index contributed by atoms with van der Waals surface area (Å²) in [6.45, 7) is 7.87. The second kappa shape index (κ2) is 10.2. The minimum Gasteiger partial charge on any atom is -0.490 e. The Morgan fingerprint density at radius 2 is 1.81 bits per heavy atom. The monoisotopic (exact) mass is 496 g/mol. The molecule has 1 aromatic heterocycles. The molecular formula is C30H36N6O. The molecule has 0 unspecified atom stereocenters. The summed E-state index contributed by atoms with van der Waals surface area (Å²) in [7, 11) is 0. The average Bonchev–Trinajstić information content (AvgIpc) is 3.25. The number of nitrogens with one attached hydrogen (secondary N) is 2. The van der Waals surface area contributed by atoms with Crippen LogP contribution in [0.1, 0.15) is 56.5 Å². The van der Waals surface area contributed by atoms with Gasteiger partial charge in [0.1, 0.15) is 23.5 Å². The summed E-state index contributed by atoms with van der Waals surface area (Å²) in [4.78, 5) is 7.23. The van der Waals surface area contributed by atoms with Gasteiger partial charge in [-0.1, -0.05) is 37.6 Å². The van der Waals surface area contributed by atoms with Crippen molar-refractivity contribution in [3.05, 3.63) is 65.5 Å². The lowest BCUT2D eigenvalue weighted by molar-refractivity contribution is 0.130. The fourth-order valence-electron chi connectivity index (χ4n) is 5.42. The summed E-state index contributed by atoms with van der Waals surface area (Å²) in [6.07, 6.45) is 4.98. The first-order valence-electron chi connectivity index (χ1n) is 13.2. The fraction of sp³-hybridized carbons (Fsp3) is 0.367. The van der Waals surface area contributed by atoms with E-state index in [9.17, 15) is 0 Å². The van der Waals surface area contributed by atoms with Crippen LogP contribution in [-0.2, 0) is 6.42 Å². The highest BCUT2D eigenvalue weighted by Gasteiger charge is 2.23. The normalized spacial score (nSPS) is 14.4. The number of nitrogen functional groups attached to an aromatic ring is 1. The molecule has 0 amide bonds. The molecule has 0 bridgehead atoms. The molecule has 1 aliphatic heterocycles. The van der Waals surface area contributed by atoms with E-state index >= 15 is 0 Å². The van der Waals surface area contributed by atoms with Crippen LogP contribution in [0.3, 0.4) is 0 Å². The summed E-state index contributed by atoms with van der Waals surface area (Å²) in [6, 6.07) is 16.4. The number of aromatic nitrogens is 2. The second-order valence-electron chi connectivity index (χ2n) is 10.1. The van der Waals surface area contributed by atoms with Gasteiger partial charge in [0, 0.05) is 49.4 Å². The average molecular weight is 497 g/mol. The summed E-state index contributed by atoms with van der Waals surface area (Å²) in [5.74, 6) is 2.60. The summed E-state index contributed by atoms with van der Waals surface area (Å²) in [5, 5.41) is 18.0. The Morgan fingerprint density at radius 3 is 2.49 bits per heavy atom. The van der Waals surface area contributed by atoms with Gasteiger partial charge in [-0.15, -0.1) is 0 Å². The molecule has 192 valence electrons. The highest BCUT2D eigenvalue weighted by atomic mass is 16.5. The third-order valence-corrected chi connectivity index (χ3v) is 7.40. The predicted octanol–water partition coefficient (Wildman–Crippen LogP) is 5.95. The molecule has 1 saturated heterocycles. The van der Waals surface area contributed by atoms with Gasteiger partial charge < -0.3 is 15.4 Å². The lowest BCUT2D eigenvalue weighted by atomic mass is 10.0. The van der Waals surface area contributed by atoms with Gasteiger partial charge in [-0.25, -0.2) is 4.98 Å². The van der Waals surface area contributed by atoms with E-state index in [1.54, 1.807) is 0 Å². The summed E-state index contributed by atoms with van der Waals surface area (Å²) < 4.78 is 8.78. The number of ether oxygens (including phenoxy) is 1. The van der Waals surface area contributed by atoms with Crippen LogP contribution < -0.4 is 10.5 Å². The number of unbranched alkanes of at least 4 members (excludes halogenated alkanes) is 1. The molecule has 0 aliphatic carbocycles. The number of benzene rings is 3. The molecule has 1 fully saturated rings. The number of nitrogens with two attached hydrogens (primary N) is 1. The van der Waals surface area contributed by atoms with Crippen LogP contribution in [0.5, 0.6) is 5.75 Å². The van der Waals surface area contributed by atoms with Gasteiger partial charge in [-0.2, -0.15) is 0 Å². The largest absolute Gasteiger partial charge is 0.490 e. The van der Waals surface area contributed by atoms with Crippen LogP contribution >= 0.6 is 0 Å². The van der Waals surface area contributed by atoms with Crippen LogP contribution in [0.4, 0.5) is 0 Å². The Labute approximate surface area is 218 Å². The molecule has 4 N–H and O–H groups in total. The zero-order valence-corrected chi connectivity index (χ0v) is 22.0. The van der Waals surface area contributed by atoms with Crippen molar-refractivity contribution >= 4 is 33.5 Å². The van der Waals surface area contributed by atoms with Crippen molar-refractivity contribution in [2.24, 2.45) is 5.73 Å². The van der Waals surface area contributed by atoms with Crippen molar-refractivity contribution in [2.75, 3.05) is 13.1 Å². The van der Waals surface area contributed by atoms with Crippen molar-refractivity contribution in [2.45, 2.75) is 59.0 Å². The zero-order valence-electron chi connectivity index (χ0n) is 22.0. The molecule has 0 saturated carbocycles. The third kappa shape index (κ3) is 4.78. The van der Waals surface area contributed by atoms with Gasteiger partial charge >= 0.3 is 0 Å². The Kier molecular flexibility index (Phi) is 6.87. The maximum atomic E-state index is 8.07. The molecule has 2 heterocycles. The molecule has 0 atom stereocenters. The lowest BCUT2D eigenvalue weighted by Crippen LogP contribution is -2.40. The molecule has 7 nitrogen and oxygen atoms in total. The van der Waals surface area contributed by atoms with E-state index in [2.05, 4.69) is 47.6 Å². The van der Waals surface area contributed by atoms with Gasteiger partial charge in [0.05, 0.1) is 22.6 Å². The highest BCUT2D eigenvalue weighted by Crippen LogP contribution is 2.34. The fourth-order valence-corrected chi connectivity index (χ4v) is 5.42. The molecular weight excluding hydrogens is 460 g/mol. The molecule has 1 aliphatic rings. The lowest BCUT2D eigenvalue weighted by Gasteiger charge is -2.32.